The minimum atomic E-state index is -0.459. The molecule has 0 saturated heterocycles. The van der Waals surface area contributed by atoms with Crippen molar-refractivity contribution >= 4 is 22.6 Å². The topological polar surface area (TPSA) is 77.8 Å². The summed E-state index contributed by atoms with van der Waals surface area (Å²) in [5.74, 6) is -1.08. The predicted molar refractivity (Wildman–Crippen MR) is 63.7 cm³/mol. The van der Waals surface area contributed by atoms with Crippen molar-refractivity contribution in [2.75, 3.05) is 7.05 Å². The lowest BCUT2D eigenvalue weighted by atomic mass is 9.93. The Morgan fingerprint density at radius 3 is 1.78 bits per heavy atom. The van der Waals surface area contributed by atoms with Gasteiger partial charge >= 0.3 is 0 Å². The van der Waals surface area contributed by atoms with E-state index in [1.165, 1.54) is 31.3 Å². The van der Waals surface area contributed by atoms with Crippen molar-refractivity contribution in [3.05, 3.63) is 35.4 Å². The monoisotopic (exact) mass is 243 g/mol. The second-order valence-corrected chi connectivity index (χ2v) is 4.25. The Labute approximate surface area is 102 Å². The first-order chi connectivity index (χ1) is 8.49. The van der Waals surface area contributed by atoms with Crippen LogP contribution in [0.2, 0.25) is 0 Å². The standard InChI is InChI=1S/C13H9NO4/c1-14-12(17)9-4-7(15)2-6-3-8(16)5-10(11(6)9)13(14)18/h2-5,15-16H,1H3. The van der Waals surface area contributed by atoms with Gasteiger partial charge in [0, 0.05) is 12.4 Å². The maximum Gasteiger partial charge on any atom is 0.261 e. The van der Waals surface area contributed by atoms with Gasteiger partial charge in [-0.1, -0.05) is 0 Å². The quantitative estimate of drug-likeness (QED) is 0.687. The number of nitrogens with zero attached hydrogens (tertiary/aromatic N) is 1. The Morgan fingerprint density at radius 2 is 1.33 bits per heavy atom. The highest BCUT2D eigenvalue weighted by atomic mass is 16.3. The van der Waals surface area contributed by atoms with Gasteiger partial charge in [0.1, 0.15) is 11.5 Å². The van der Waals surface area contributed by atoms with Crippen molar-refractivity contribution in [1.82, 2.24) is 4.90 Å². The minimum absolute atomic E-state index is 0.0786. The summed E-state index contributed by atoms with van der Waals surface area (Å²) in [6.45, 7) is 0. The van der Waals surface area contributed by atoms with Gasteiger partial charge in [-0.3, -0.25) is 14.5 Å². The molecular weight excluding hydrogens is 234 g/mol. The van der Waals surface area contributed by atoms with Crippen molar-refractivity contribution < 1.29 is 19.8 Å². The van der Waals surface area contributed by atoms with E-state index in [9.17, 15) is 19.8 Å². The van der Waals surface area contributed by atoms with E-state index in [1.54, 1.807) is 0 Å². The number of phenols is 2. The summed E-state index contributed by atoms with van der Waals surface area (Å²) in [6, 6.07) is 5.48. The van der Waals surface area contributed by atoms with E-state index >= 15 is 0 Å². The van der Waals surface area contributed by atoms with Gasteiger partial charge in [-0.15, -0.1) is 0 Å². The molecule has 0 radical (unpaired) electrons. The van der Waals surface area contributed by atoms with E-state index in [4.69, 9.17) is 0 Å². The fourth-order valence-corrected chi connectivity index (χ4v) is 2.28. The molecule has 0 saturated carbocycles. The highest BCUT2D eigenvalue weighted by Gasteiger charge is 2.31. The molecule has 2 N–H and O–H groups in total. The fraction of sp³-hybridized carbons (Fsp3) is 0.0769. The van der Waals surface area contributed by atoms with Crippen LogP contribution in [0.1, 0.15) is 20.7 Å². The molecule has 0 fully saturated rings. The van der Waals surface area contributed by atoms with Crippen molar-refractivity contribution in [2.45, 2.75) is 0 Å². The van der Waals surface area contributed by atoms with Crippen LogP contribution >= 0.6 is 0 Å². The molecule has 90 valence electrons. The molecule has 0 aromatic heterocycles. The molecule has 2 aromatic rings. The molecule has 18 heavy (non-hydrogen) atoms. The van der Waals surface area contributed by atoms with E-state index < -0.39 is 11.8 Å². The van der Waals surface area contributed by atoms with Gasteiger partial charge in [0.05, 0.1) is 11.1 Å². The Hall–Kier alpha value is -2.56. The third kappa shape index (κ3) is 1.21. The normalized spacial score (nSPS) is 14.4. The first kappa shape index (κ1) is 10.6. The summed E-state index contributed by atoms with van der Waals surface area (Å²) in [5, 5.41) is 20.1. The van der Waals surface area contributed by atoms with Crippen molar-refractivity contribution in [2.24, 2.45) is 0 Å². The molecule has 0 atom stereocenters. The largest absolute Gasteiger partial charge is 0.508 e. The summed E-state index contributed by atoms with van der Waals surface area (Å²) in [4.78, 5) is 24.9. The minimum Gasteiger partial charge on any atom is -0.508 e. The smallest absolute Gasteiger partial charge is 0.261 e. The van der Waals surface area contributed by atoms with E-state index in [1.807, 2.05) is 0 Å². The maximum atomic E-state index is 12.0. The zero-order chi connectivity index (χ0) is 13.0. The Kier molecular flexibility index (Phi) is 1.90. The van der Waals surface area contributed by atoms with Crippen LogP contribution < -0.4 is 0 Å². The molecular formula is C13H9NO4. The highest BCUT2D eigenvalue weighted by molar-refractivity contribution is 6.25. The number of hydrogen-bond acceptors (Lipinski definition) is 4. The fourth-order valence-electron chi connectivity index (χ4n) is 2.28. The van der Waals surface area contributed by atoms with Crippen LogP contribution in [0.25, 0.3) is 10.8 Å². The van der Waals surface area contributed by atoms with E-state index in [-0.39, 0.29) is 22.6 Å². The molecule has 1 heterocycles. The molecule has 0 unspecified atom stereocenters. The first-order valence-corrected chi connectivity index (χ1v) is 5.31. The van der Waals surface area contributed by atoms with Gasteiger partial charge in [-0.05, 0) is 29.7 Å². The number of carbonyl (C=O) groups is 2. The predicted octanol–water partition coefficient (Wildman–Crippen LogP) is 1.48. The van der Waals surface area contributed by atoms with Crippen LogP contribution in [0.15, 0.2) is 24.3 Å². The number of carbonyl (C=O) groups excluding carboxylic acids is 2. The first-order valence-electron chi connectivity index (χ1n) is 5.31. The number of phenolic OH excluding ortho intramolecular Hbond substituents is 2. The molecule has 5 nitrogen and oxygen atoms in total. The molecule has 0 spiro atoms. The lowest BCUT2D eigenvalue weighted by Crippen LogP contribution is -2.36. The van der Waals surface area contributed by atoms with Gasteiger partial charge in [-0.2, -0.15) is 0 Å². The van der Waals surface area contributed by atoms with Gasteiger partial charge in [-0.25, -0.2) is 0 Å². The van der Waals surface area contributed by atoms with Crippen LogP contribution in [0.3, 0.4) is 0 Å². The molecule has 0 aliphatic carbocycles. The lowest BCUT2D eigenvalue weighted by molar-refractivity contribution is 0.0650. The third-order valence-electron chi connectivity index (χ3n) is 3.09. The molecule has 2 aromatic carbocycles. The lowest BCUT2D eigenvalue weighted by Gasteiger charge is -2.23. The SMILES string of the molecule is CN1C(=O)c2cc(O)cc3cc(O)cc(c23)C1=O. The van der Waals surface area contributed by atoms with E-state index in [2.05, 4.69) is 0 Å². The third-order valence-corrected chi connectivity index (χ3v) is 3.09. The van der Waals surface area contributed by atoms with Crippen LogP contribution in [-0.2, 0) is 0 Å². The van der Waals surface area contributed by atoms with Crippen LogP contribution in [-0.4, -0.2) is 34.0 Å². The summed E-state index contributed by atoms with van der Waals surface area (Å²) in [7, 11) is 1.37. The highest BCUT2D eigenvalue weighted by Crippen LogP contribution is 2.35. The number of hydrogen-bond donors (Lipinski definition) is 2. The summed E-state index contributed by atoms with van der Waals surface area (Å²) in [5.41, 5.74) is 0.532. The zero-order valence-corrected chi connectivity index (χ0v) is 9.47. The molecule has 0 bridgehead atoms. The van der Waals surface area contributed by atoms with Gasteiger partial charge in [0.15, 0.2) is 0 Å². The van der Waals surface area contributed by atoms with E-state index in [0.29, 0.717) is 10.8 Å². The number of benzene rings is 2. The molecule has 1 aliphatic heterocycles. The Morgan fingerprint density at radius 1 is 0.889 bits per heavy atom. The van der Waals surface area contributed by atoms with Crippen molar-refractivity contribution in [3.8, 4) is 11.5 Å². The summed E-state index contributed by atoms with van der Waals surface area (Å²) in [6.07, 6.45) is 0. The van der Waals surface area contributed by atoms with E-state index in [0.717, 1.165) is 4.90 Å². The van der Waals surface area contributed by atoms with Crippen molar-refractivity contribution in [3.63, 3.8) is 0 Å². The molecule has 1 aliphatic rings. The average Bonchev–Trinajstić information content (AvgIpc) is 2.32. The summed E-state index contributed by atoms with van der Waals surface area (Å²) < 4.78 is 0. The maximum absolute atomic E-state index is 12.0. The number of imide groups is 1. The number of amides is 2. The van der Waals surface area contributed by atoms with Gasteiger partial charge < -0.3 is 10.2 Å². The number of aromatic hydroxyl groups is 2. The van der Waals surface area contributed by atoms with Gasteiger partial charge in [0.2, 0.25) is 0 Å². The van der Waals surface area contributed by atoms with Crippen LogP contribution in [0.5, 0.6) is 11.5 Å². The zero-order valence-electron chi connectivity index (χ0n) is 9.47. The summed E-state index contributed by atoms with van der Waals surface area (Å²) >= 11 is 0. The molecule has 2 amide bonds. The Balaban J connectivity index is 2.54. The van der Waals surface area contributed by atoms with Crippen LogP contribution in [0.4, 0.5) is 0 Å². The molecule has 3 rings (SSSR count). The molecule has 5 heteroatoms. The number of rotatable bonds is 0. The van der Waals surface area contributed by atoms with Gasteiger partial charge in [0.25, 0.3) is 11.8 Å². The second kappa shape index (κ2) is 3.22. The van der Waals surface area contributed by atoms with Crippen LogP contribution in [0, 0.1) is 0 Å². The second-order valence-electron chi connectivity index (χ2n) is 4.25. The average molecular weight is 243 g/mol. The van der Waals surface area contributed by atoms with Crippen molar-refractivity contribution in [1.29, 1.82) is 0 Å². The Bertz CT molecular complexity index is 664.